The molecule has 5 nitrogen and oxygen atoms in total. The summed E-state index contributed by atoms with van der Waals surface area (Å²) in [5.41, 5.74) is 0.512. The Kier molecular flexibility index (Phi) is 4.22. The molecule has 112 valence electrons. The number of hydrogen-bond donors (Lipinski definition) is 1. The molecule has 2 atom stereocenters. The van der Waals surface area contributed by atoms with Crippen LogP contribution in [0.4, 0.5) is 0 Å². The van der Waals surface area contributed by atoms with E-state index in [0.717, 1.165) is 17.8 Å². The van der Waals surface area contributed by atoms with Crippen LogP contribution in [0.5, 0.6) is 0 Å². The topological polar surface area (TPSA) is 74.7 Å². The average molecular weight is 317 g/mol. The highest BCUT2D eigenvalue weighted by atomic mass is 32.2. The number of hydrogen-bond acceptors (Lipinski definition) is 4. The van der Waals surface area contributed by atoms with Crippen LogP contribution in [-0.2, 0) is 10.0 Å². The maximum absolute atomic E-state index is 12.8. The van der Waals surface area contributed by atoms with Crippen molar-refractivity contribution in [2.24, 2.45) is 11.8 Å². The number of aryl methyl sites for hydroxylation is 1. The molecule has 2 heterocycles. The lowest BCUT2D eigenvalue weighted by molar-refractivity contribution is 0.0698. The van der Waals surface area contributed by atoms with Gasteiger partial charge in [0.15, 0.2) is 0 Å². The summed E-state index contributed by atoms with van der Waals surface area (Å²) in [5.74, 6) is -0.596. The summed E-state index contributed by atoms with van der Waals surface area (Å²) < 4.78 is 26.9. The van der Waals surface area contributed by atoms with E-state index in [1.54, 1.807) is 12.3 Å². The molecule has 0 bridgehead atoms. The normalized spacial score (nSPS) is 24.8. The maximum atomic E-state index is 12.8. The van der Waals surface area contributed by atoms with E-state index in [-0.39, 0.29) is 9.77 Å². The largest absolute Gasteiger partial charge is 0.477 e. The number of rotatable bonds is 3. The minimum absolute atomic E-state index is 0.0312. The van der Waals surface area contributed by atoms with Gasteiger partial charge in [-0.3, -0.25) is 0 Å². The third kappa shape index (κ3) is 2.75. The molecule has 1 aromatic rings. The highest BCUT2D eigenvalue weighted by Crippen LogP contribution is 2.32. The third-order valence-electron chi connectivity index (χ3n) is 3.55. The summed E-state index contributed by atoms with van der Waals surface area (Å²) >= 11 is 0.971. The Bertz CT molecular complexity index is 610. The molecule has 0 amide bonds. The molecule has 0 aromatic carbocycles. The number of carboxylic acids is 1. The molecule has 1 aromatic heterocycles. The monoisotopic (exact) mass is 317 g/mol. The van der Waals surface area contributed by atoms with Gasteiger partial charge in [0.1, 0.15) is 9.77 Å². The van der Waals surface area contributed by atoms with E-state index in [2.05, 4.69) is 0 Å². The molecular formula is C13H19NO4S2. The van der Waals surface area contributed by atoms with Gasteiger partial charge >= 0.3 is 5.97 Å². The lowest BCUT2D eigenvalue weighted by Crippen LogP contribution is -2.42. The summed E-state index contributed by atoms with van der Waals surface area (Å²) in [6, 6.07) is 0. The van der Waals surface area contributed by atoms with Crippen molar-refractivity contribution in [3.63, 3.8) is 0 Å². The first-order chi connectivity index (χ1) is 9.23. The van der Waals surface area contributed by atoms with E-state index in [4.69, 9.17) is 0 Å². The van der Waals surface area contributed by atoms with Crippen LogP contribution in [0.1, 0.15) is 35.5 Å². The van der Waals surface area contributed by atoms with E-state index in [1.807, 2.05) is 13.8 Å². The number of thiophene rings is 1. The first kappa shape index (κ1) is 15.5. The Labute approximate surface area is 123 Å². The molecule has 1 N–H and O–H groups in total. The zero-order valence-corrected chi connectivity index (χ0v) is 13.4. The lowest BCUT2D eigenvalue weighted by Gasteiger charge is -2.34. The Balaban J connectivity index is 2.45. The second-order valence-corrected chi connectivity index (χ2v) is 8.40. The van der Waals surface area contributed by atoms with Crippen LogP contribution in [0.15, 0.2) is 10.3 Å². The van der Waals surface area contributed by atoms with E-state index in [0.29, 0.717) is 30.5 Å². The second-order valence-electron chi connectivity index (χ2n) is 5.65. The van der Waals surface area contributed by atoms with Crippen molar-refractivity contribution in [1.82, 2.24) is 4.31 Å². The molecule has 1 aliphatic rings. The highest BCUT2D eigenvalue weighted by molar-refractivity contribution is 7.89. The number of carbonyl (C=O) groups is 1. The first-order valence-corrected chi connectivity index (χ1v) is 8.87. The van der Waals surface area contributed by atoms with Gasteiger partial charge in [-0.25, -0.2) is 13.2 Å². The second kappa shape index (κ2) is 5.46. The number of nitrogens with zero attached hydrogens (tertiary/aromatic N) is 1. The number of carboxylic acid groups (broad SMARTS) is 1. The van der Waals surface area contributed by atoms with Gasteiger partial charge in [0.05, 0.1) is 0 Å². The van der Waals surface area contributed by atoms with E-state index < -0.39 is 16.0 Å². The standard InChI is InChI=1S/C13H19NO4S2/c1-8-4-9(2)6-14(5-8)20(17,18)12-10(3)7-19-11(12)13(15)16/h7-9H,4-6H2,1-3H3,(H,15,16). The van der Waals surface area contributed by atoms with Gasteiger partial charge in [0.2, 0.25) is 10.0 Å². The zero-order valence-electron chi connectivity index (χ0n) is 11.8. The number of sulfonamides is 1. The van der Waals surface area contributed by atoms with Crippen LogP contribution in [0.25, 0.3) is 0 Å². The molecule has 0 spiro atoms. The molecule has 1 saturated heterocycles. The SMILES string of the molecule is Cc1csc(C(=O)O)c1S(=O)(=O)N1CC(C)CC(C)C1. The summed E-state index contributed by atoms with van der Waals surface area (Å²) in [6.45, 7) is 6.61. The third-order valence-corrected chi connectivity index (χ3v) is 6.78. The van der Waals surface area contributed by atoms with Crippen LogP contribution >= 0.6 is 11.3 Å². The Morgan fingerprint density at radius 1 is 1.35 bits per heavy atom. The Morgan fingerprint density at radius 3 is 2.40 bits per heavy atom. The molecule has 7 heteroatoms. The zero-order chi connectivity index (χ0) is 15.1. The molecule has 0 aliphatic carbocycles. The van der Waals surface area contributed by atoms with Crippen LogP contribution in [0, 0.1) is 18.8 Å². The van der Waals surface area contributed by atoms with Gasteiger partial charge in [-0.05, 0) is 36.1 Å². The van der Waals surface area contributed by atoms with Crippen LogP contribution in [0.2, 0.25) is 0 Å². The van der Waals surface area contributed by atoms with Crippen LogP contribution in [0.3, 0.4) is 0 Å². The fourth-order valence-corrected chi connectivity index (χ4v) is 6.10. The van der Waals surface area contributed by atoms with Crippen molar-refractivity contribution in [2.75, 3.05) is 13.1 Å². The molecular weight excluding hydrogens is 298 g/mol. The van der Waals surface area contributed by atoms with Gasteiger partial charge < -0.3 is 5.11 Å². The number of aromatic carboxylic acids is 1. The van der Waals surface area contributed by atoms with Gasteiger partial charge in [-0.2, -0.15) is 4.31 Å². The first-order valence-electron chi connectivity index (χ1n) is 6.55. The molecule has 2 rings (SSSR count). The molecule has 20 heavy (non-hydrogen) atoms. The number of piperidine rings is 1. The van der Waals surface area contributed by atoms with E-state index in [1.165, 1.54) is 4.31 Å². The predicted octanol–water partition coefficient (Wildman–Crippen LogP) is 2.42. The van der Waals surface area contributed by atoms with Crippen LogP contribution in [-0.4, -0.2) is 36.9 Å². The van der Waals surface area contributed by atoms with E-state index >= 15 is 0 Å². The molecule has 0 radical (unpaired) electrons. The van der Waals surface area contributed by atoms with Crippen molar-refractivity contribution < 1.29 is 18.3 Å². The summed E-state index contributed by atoms with van der Waals surface area (Å²) in [5, 5.41) is 10.8. The Morgan fingerprint density at radius 2 is 1.90 bits per heavy atom. The van der Waals surface area contributed by atoms with Gasteiger partial charge in [-0.1, -0.05) is 13.8 Å². The molecule has 2 unspecified atom stereocenters. The van der Waals surface area contributed by atoms with Gasteiger partial charge in [-0.15, -0.1) is 11.3 Å². The Hall–Kier alpha value is -0.920. The van der Waals surface area contributed by atoms with Gasteiger partial charge in [0, 0.05) is 13.1 Å². The maximum Gasteiger partial charge on any atom is 0.347 e. The van der Waals surface area contributed by atoms with E-state index in [9.17, 15) is 18.3 Å². The summed E-state index contributed by atoms with van der Waals surface area (Å²) in [7, 11) is -3.73. The fourth-order valence-electron chi connectivity index (χ4n) is 2.83. The molecule has 1 fully saturated rings. The predicted molar refractivity (Wildman–Crippen MR) is 77.7 cm³/mol. The summed E-state index contributed by atoms with van der Waals surface area (Å²) in [4.78, 5) is 11.1. The van der Waals surface area contributed by atoms with Crippen molar-refractivity contribution in [3.05, 3.63) is 15.8 Å². The molecule has 0 saturated carbocycles. The smallest absolute Gasteiger partial charge is 0.347 e. The van der Waals surface area contributed by atoms with Gasteiger partial charge in [0.25, 0.3) is 0 Å². The lowest BCUT2D eigenvalue weighted by atomic mass is 9.94. The quantitative estimate of drug-likeness (QED) is 0.929. The fraction of sp³-hybridized carbons (Fsp3) is 0.615. The molecule has 1 aliphatic heterocycles. The van der Waals surface area contributed by atoms with Crippen molar-refractivity contribution >= 4 is 27.3 Å². The van der Waals surface area contributed by atoms with Crippen molar-refractivity contribution in [1.29, 1.82) is 0 Å². The minimum Gasteiger partial charge on any atom is -0.477 e. The summed E-state index contributed by atoms with van der Waals surface area (Å²) in [6.07, 6.45) is 1.00. The van der Waals surface area contributed by atoms with Crippen molar-refractivity contribution in [3.8, 4) is 0 Å². The van der Waals surface area contributed by atoms with Crippen molar-refractivity contribution in [2.45, 2.75) is 32.1 Å². The minimum atomic E-state index is -3.73. The van der Waals surface area contributed by atoms with Crippen LogP contribution < -0.4 is 0 Å². The average Bonchev–Trinajstić information content (AvgIpc) is 2.70. The highest BCUT2D eigenvalue weighted by Gasteiger charge is 2.36.